The quantitative estimate of drug-likeness (QED) is 0.443. The number of hydrogen-bond donors (Lipinski definition) is 1. The molecule has 0 radical (unpaired) electrons. The van der Waals surface area contributed by atoms with Crippen LogP contribution in [0.4, 0.5) is 0 Å². The number of nitrogens with one attached hydrogen (secondary N) is 1. The maximum Gasteiger partial charge on any atom is 0.231 e. The summed E-state index contributed by atoms with van der Waals surface area (Å²) >= 11 is 0. The molecule has 0 saturated heterocycles. The van der Waals surface area contributed by atoms with Gasteiger partial charge in [0.2, 0.25) is 5.91 Å². The van der Waals surface area contributed by atoms with E-state index < -0.39 is 5.92 Å². The molecule has 0 fully saturated rings. The Balaban J connectivity index is 1.82. The Hall–Kier alpha value is -4.04. The zero-order valence-corrected chi connectivity index (χ0v) is 20.3. The summed E-state index contributed by atoms with van der Waals surface area (Å²) in [5.74, 6) is -0.720. The van der Waals surface area contributed by atoms with Gasteiger partial charge in [0.15, 0.2) is 5.78 Å². The highest BCUT2D eigenvalue weighted by Gasteiger charge is 2.37. The van der Waals surface area contributed by atoms with Crippen LogP contribution >= 0.6 is 0 Å². The van der Waals surface area contributed by atoms with Crippen LogP contribution in [0.5, 0.6) is 0 Å². The van der Waals surface area contributed by atoms with Crippen LogP contribution in [0.15, 0.2) is 77.8 Å². The Kier molecular flexibility index (Phi) is 7.22. The molecule has 0 saturated carbocycles. The van der Waals surface area contributed by atoms with Crippen LogP contribution in [0.25, 0.3) is 11.1 Å². The van der Waals surface area contributed by atoms with Gasteiger partial charge in [0, 0.05) is 17.2 Å². The summed E-state index contributed by atoms with van der Waals surface area (Å²) in [6, 6.07) is 25.4. The zero-order chi connectivity index (χ0) is 24.9. The lowest BCUT2D eigenvalue weighted by molar-refractivity contribution is -0.124. The van der Waals surface area contributed by atoms with Crippen LogP contribution in [0.2, 0.25) is 0 Å². The fourth-order valence-corrected chi connectivity index (χ4v) is 4.83. The van der Waals surface area contributed by atoms with Gasteiger partial charge in [0.1, 0.15) is 6.17 Å². The van der Waals surface area contributed by atoms with Crippen molar-refractivity contribution < 1.29 is 9.59 Å². The van der Waals surface area contributed by atoms with E-state index in [1.165, 1.54) is 0 Å². The fourth-order valence-electron chi connectivity index (χ4n) is 4.83. The molecule has 5 nitrogen and oxygen atoms in total. The third-order valence-corrected chi connectivity index (χ3v) is 6.50. The van der Waals surface area contributed by atoms with Gasteiger partial charge in [0.05, 0.1) is 17.6 Å². The average Bonchev–Trinajstić information content (AvgIpc) is 2.86. The maximum absolute atomic E-state index is 13.3. The first-order valence-electron chi connectivity index (χ1n) is 12.0. The standard InChI is InChI=1S/C30H29N3O2/c1-4-7-27-29(30(35)33-20(3)32-27)28(23-14-10-21(11-15-23)19(2)34)24-16-12-22(13-17-24)26-9-6-5-8-25(26)18-31/h5-6,8-17,20,28-29H,4,7H2,1-3H3,(H,33,35)/t20?,28-,29?/m0/s1. The highest BCUT2D eigenvalue weighted by Crippen LogP contribution is 2.37. The molecule has 1 heterocycles. The van der Waals surface area contributed by atoms with E-state index in [-0.39, 0.29) is 23.8 Å². The van der Waals surface area contributed by atoms with Gasteiger partial charge in [-0.1, -0.05) is 80.1 Å². The summed E-state index contributed by atoms with van der Waals surface area (Å²) in [5.41, 5.74) is 5.93. The highest BCUT2D eigenvalue weighted by molar-refractivity contribution is 6.07. The Morgan fingerprint density at radius 3 is 2.26 bits per heavy atom. The lowest BCUT2D eigenvalue weighted by Crippen LogP contribution is -2.47. The molecule has 5 heteroatoms. The number of Topliss-reactive ketones (excluding diaryl/α,β-unsaturated/α-hetero) is 1. The van der Waals surface area contributed by atoms with Crippen molar-refractivity contribution in [2.45, 2.75) is 45.7 Å². The van der Waals surface area contributed by atoms with E-state index in [9.17, 15) is 14.9 Å². The molecule has 1 aliphatic heterocycles. The Bertz CT molecular complexity index is 1300. The third-order valence-electron chi connectivity index (χ3n) is 6.50. The van der Waals surface area contributed by atoms with E-state index in [2.05, 4.69) is 18.3 Å². The summed E-state index contributed by atoms with van der Waals surface area (Å²) in [6.45, 7) is 5.53. The molecule has 35 heavy (non-hydrogen) atoms. The molecule has 2 unspecified atom stereocenters. The van der Waals surface area contributed by atoms with Crippen molar-refractivity contribution >= 4 is 17.4 Å². The summed E-state index contributed by atoms with van der Waals surface area (Å²) in [7, 11) is 0. The number of nitrogens with zero attached hydrogens (tertiary/aromatic N) is 2. The van der Waals surface area contributed by atoms with E-state index in [0.717, 1.165) is 40.8 Å². The molecule has 1 amide bonds. The summed E-state index contributed by atoms with van der Waals surface area (Å²) < 4.78 is 0. The molecule has 0 aromatic heterocycles. The number of amides is 1. The van der Waals surface area contributed by atoms with Crippen LogP contribution in [-0.4, -0.2) is 23.6 Å². The Morgan fingerprint density at radius 2 is 1.66 bits per heavy atom. The number of carbonyl (C=O) groups excluding carboxylic acids is 2. The smallest absolute Gasteiger partial charge is 0.231 e. The van der Waals surface area contributed by atoms with Crippen molar-refractivity contribution in [3.63, 3.8) is 0 Å². The predicted octanol–water partition coefficient (Wildman–Crippen LogP) is 5.89. The van der Waals surface area contributed by atoms with Gasteiger partial charge in [-0.15, -0.1) is 0 Å². The topological polar surface area (TPSA) is 82.3 Å². The summed E-state index contributed by atoms with van der Waals surface area (Å²) in [4.78, 5) is 30.0. The molecule has 3 aromatic carbocycles. The minimum absolute atomic E-state index is 0.00563. The number of rotatable bonds is 7. The van der Waals surface area contributed by atoms with Crippen LogP contribution in [0.1, 0.15) is 66.6 Å². The van der Waals surface area contributed by atoms with Crippen molar-refractivity contribution in [3.05, 3.63) is 95.1 Å². The SMILES string of the molecule is CCCC1=NC(C)NC(=O)C1[C@@H](c1ccc(C(C)=O)cc1)c1ccc(-c2ccccc2C#N)cc1. The first kappa shape index (κ1) is 24.1. The average molecular weight is 464 g/mol. The van der Waals surface area contributed by atoms with Gasteiger partial charge in [-0.05, 0) is 48.6 Å². The molecule has 0 aliphatic carbocycles. The minimum Gasteiger partial charge on any atom is -0.334 e. The second kappa shape index (κ2) is 10.5. The van der Waals surface area contributed by atoms with Gasteiger partial charge >= 0.3 is 0 Å². The summed E-state index contributed by atoms with van der Waals surface area (Å²) in [5, 5.41) is 12.5. The van der Waals surface area contributed by atoms with Gasteiger partial charge in [-0.25, -0.2) is 0 Å². The van der Waals surface area contributed by atoms with Gasteiger partial charge < -0.3 is 5.32 Å². The lowest BCUT2D eigenvalue weighted by Gasteiger charge is -2.33. The fraction of sp³-hybridized carbons (Fsp3) is 0.267. The van der Waals surface area contributed by atoms with E-state index in [4.69, 9.17) is 4.99 Å². The van der Waals surface area contributed by atoms with Crippen LogP contribution in [0, 0.1) is 17.2 Å². The first-order chi connectivity index (χ1) is 16.9. The van der Waals surface area contributed by atoms with Crippen molar-refractivity contribution in [2.75, 3.05) is 0 Å². The Labute approximate surface area is 206 Å². The minimum atomic E-state index is -0.438. The largest absolute Gasteiger partial charge is 0.334 e. The van der Waals surface area contributed by atoms with Crippen molar-refractivity contribution in [1.82, 2.24) is 5.32 Å². The van der Waals surface area contributed by atoms with Crippen molar-refractivity contribution in [2.24, 2.45) is 10.9 Å². The number of nitriles is 1. The Morgan fingerprint density at radius 1 is 1.03 bits per heavy atom. The number of aliphatic imine (C=N–C) groups is 1. The van der Waals surface area contributed by atoms with Crippen molar-refractivity contribution in [3.8, 4) is 17.2 Å². The number of hydrogen-bond acceptors (Lipinski definition) is 4. The highest BCUT2D eigenvalue weighted by atomic mass is 16.2. The van der Waals surface area contributed by atoms with Crippen LogP contribution in [0.3, 0.4) is 0 Å². The molecular weight excluding hydrogens is 434 g/mol. The molecule has 3 atom stereocenters. The van der Waals surface area contributed by atoms with E-state index in [0.29, 0.717) is 11.1 Å². The normalized spacial score (nSPS) is 18.2. The summed E-state index contributed by atoms with van der Waals surface area (Å²) in [6.07, 6.45) is 1.40. The second-order valence-corrected chi connectivity index (χ2v) is 8.97. The second-order valence-electron chi connectivity index (χ2n) is 8.97. The molecular formula is C30H29N3O2. The molecule has 176 valence electrons. The zero-order valence-electron chi connectivity index (χ0n) is 20.3. The number of ketones is 1. The van der Waals surface area contributed by atoms with Gasteiger partial charge in [-0.3, -0.25) is 14.6 Å². The van der Waals surface area contributed by atoms with Crippen LogP contribution < -0.4 is 5.32 Å². The van der Waals surface area contributed by atoms with E-state index in [1.54, 1.807) is 6.92 Å². The molecule has 1 N–H and O–H groups in total. The first-order valence-corrected chi connectivity index (χ1v) is 12.0. The molecule has 3 aromatic rings. The predicted molar refractivity (Wildman–Crippen MR) is 138 cm³/mol. The molecule has 4 rings (SSSR count). The lowest BCUT2D eigenvalue weighted by atomic mass is 9.75. The molecule has 0 spiro atoms. The number of benzene rings is 3. The third kappa shape index (κ3) is 5.07. The maximum atomic E-state index is 13.3. The van der Waals surface area contributed by atoms with Crippen LogP contribution in [-0.2, 0) is 4.79 Å². The van der Waals surface area contributed by atoms with Gasteiger partial charge in [-0.2, -0.15) is 5.26 Å². The molecule has 1 aliphatic rings. The molecule has 0 bridgehead atoms. The van der Waals surface area contributed by atoms with Crippen molar-refractivity contribution in [1.29, 1.82) is 5.26 Å². The van der Waals surface area contributed by atoms with E-state index >= 15 is 0 Å². The van der Waals surface area contributed by atoms with Gasteiger partial charge in [0.25, 0.3) is 0 Å². The number of carbonyl (C=O) groups is 2. The monoisotopic (exact) mass is 463 g/mol. The van der Waals surface area contributed by atoms with E-state index in [1.807, 2.05) is 79.7 Å².